The molecule has 8 heteroatoms. The predicted octanol–water partition coefficient (Wildman–Crippen LogP) is 2.84. The van der Waals surface area contributed by atoms with Gasteiger partial charge in [-0.25, -0.2) is 0 Å². The van der Waals surface area contributed by atoms with Crippen LogP contribution in [-0.4, -0.2) is 67.5 Å². The molecule has 1 saturated heterocycles. The van der Waals surface area contributed by atoms with E-state index in [4.69, 9.17) is 9.73 Å². The number of aliphatic hydroxyl groups is 1. The number of aliphatic imine (C=N–C) groups is 1. The largest absolute Gasteiger partial charge is 0.393 e. The van der Waals surface area contributed by atoms with Crippen molar-refractivity contribution in [3.63, 3.8) is 0 Å². The van der Waals surface area contributed by atoms with Crippen molar-refractivity contribution >= 4 is 41.3 Å². The Bertz CT molecular complexity index is 587. The van der Waals surface area contributed by atoms with E-state index in [0.717, 1.165) is 64.6 Å². The molecule has 6 nitrogen and oxygen atoms in total. The Kier molecular flexibility index (Phi) is 10.5. The Hall–Kier alpha value is -0.420. The van der Waals surface area contributed by atoms with Crippen molar-refractivity contribution in [2.75, 3.05) is 39.3 Å². The first-order valence-electron chi connectivity index (χ1n) is 10.3. The third kappa shape index (κ3) is 6.83. The standard InChI is InChI=1S/C20H34N4O2S.HI/c1-3-21-20(22-12-16-6-4-7-18(16)25)23-13-17(19-8-5-11-27-19)24-9-10-26-15(2)14-24;/h5,8,11,15-18,25H,3-4,6-7,9-10,12-14H2,1-2H3,(H2,21,22,23);1H. The second-order valence-electron chi connectivity index (χ2n) is 7.57. The van der Waals surface area contributed by atoms with Gasteiger partial charge < -0.3 is 20.5 Å². The average Bonchev–Trinajstić information content (AvgIpc) is 3.32. The number of morpholine rings is 1. The topological polar surface area (TPSA) is 69.1 Å². The van der Waals surface area contributed by atoms with Crippen molar-refractivity contribution in [3.05, 3.63) is 22.4 Å². The number of halogens is 1. The highest BCUT2D eigenvalue weighted by molar-refractivity contribution is 14.0. The van der Waals surface area contributed by atoms with E-state index >= 15 is 0 Å². The molecular formula is C20H35IN4O2S. The Labute approximate surface area is 190 Å². The molecule has 1 aliphatic carbocycles. The molecule has 1 aromatic heterocycles. The van der Waals surface area contributed by atoms with Gasteiger partial charge in [0.05, 0.1) is 31.4 Å². The van der Waals surface area contributed by atoms with E-state index in [-0.39, 0.29) is 42.2 Å². The SMILES string of the molecule is CCNC(=NCC(c1cccs1)N1CCOC(C)C1)NCC1CCCC1O.I. The van der Waals surface area contributed by atoms with E-state index in [0.29, 0.717) is 5.92 Å². The van der Waals surface area contributed by atoms with Crippen LogP contribution < -0.4 is 10.6 Å². The van der Waals surface area contributed by atoms with Crippen LogP contribution in [0.5, 0.6) is 0 Å². The van der Waals surface area contributed by atoms with Crippen LogP contribution in [0.1, 0.15) is 44.0 Å². The molecule has 4 atom stereocenters. The summed E-state index contributed by atoms with van der Waals surface area (Å²) in [5.41, 5.74) is 0. The molecule has 3 rings (SSSR count). The highest BCUT2D eigenvalue weighted by atomic mass is 127. The van der Waals surface area contributed by atoms with E-state index < -0.39 is 0 Å². The van der Waals surface area contributed by atoms with Gasteiger partial charge in [-0.15, -0.1) is 35.3 Å². The van der Waals surface area contributed by atoms with Crippen molar-refractivity contribution in [1.29, 1.82) is 0 Å². The highest BCUT2D eigenvalue weighted by Gasteiger charge is 2.27. The molecular weight excluding hydrogens is 487 g/mol. The van der Waals surface area contributed by atoms with Crippen molar-refractivity contribution in [1.82, 2.24) is 15.5 Å². The summed E-state index contributed by atoms with van der Waals surface area (Å²) in [6, 6.07) is 4.61. The first kappa shape index (κ1) is 23.9. The van der Waals surface area contributed by atoms with Crippen molar-refractivity contribution in [2.45, 2.75) is 51.4 Å². The molecule has 2 aliphatic rings. The molecule has 4 unspecified atom stereocenters. The zero-order chi connectivity index (χ0) is 19.1. The van der Waals surface area contributed by atoms with E-state index in [1.807, 2.05) is 0 Å². The van der Waals surface area contributed by atoms with Crippen molar-refractivity contribution in [3.8, 4) is 0 Å². The van der Waals surface area contributed by atoms with E-state index in [2.05, 4.69) is 46.9 Å². The van der Waals surface area contributed by atoms with Crippen LogP contribution in [0.15, 0.2) is 22.5 Å². The van der Waals surface area contributed by atoms with E-state index in [9.17, 15) is 5.11 Å². The van der Waals surface area contributed by atoms with Gasteiger partial charge in [-0.1, -0.05) is 12.5 Å². The minimum absolute atomic E-state index is 0. The van der Waals surface area contributed by atoms with Crippen LogP contribution in [-0.2, 0) is 4.74 Å². The maximum atomic E-state index is 10.1. The summed E-state index contributed by atoms with van der Waals surface area (Å²) in [4.78, 5) is 8.74. The van der Waals surface area contributed by atoms with Crippen LogP contribution in [0.25, 0.3) is 0 Å². The van der Waals surface area contributed by atoms with Gasteiger partial charge in [-0.05, 0) is 38.1 Å². The summed E-state index contributed by atoms with van der Waals surface area (Å²) in [5.74, 6) is 1.18. The summed E-state index contributed by atoms with van der Waals surface area (Å²) >= 11 is 1.80. The first-order valence-corrected chi connectivity index (χ1v) is 11.1. The molecule has 1 saturated carbocycles. The number of thiophene rings is 1. The fourth-order valence-corrected chi connectivity index (χ4v) is 4.85. The number of hydrogen-bond acceptors (Lipinski definition) is 5. The molecule has 28 heavy (non-hydrogen) atoms. The van der Waals surface area contributed by atoms with Gasteiger partial charge in [-0.2, -0.15) is 0 Å². The van der Waals surface area contributed by atoms with Crippen LogP contribution in [0.2, 0.25) is 0 Å². The first-order chi connectivity index (χ1) is 13.2. The number of rotatable bonds is 7. The molecule has 1 aliphatic heterocycles. The lowest BCUT2D eigenvalue weighted by molar-refractivity contribution is -0.0327. The molecule has 0 bridgehead atoms. The summed E-state index contributed by atoms with van der Waals surface area (Å²) in [5, 5.41) is 19.0. The van der Waals surface area contributed by atoms with Gasteiger partial charge in [0.1, 0.15) is 0 Å². The summed E-state index contributed by atoms with van der Waals surface area (Å²) in [7, 11) is 0. The second kappa shape index (κ2) is 12.3. The van der Waals surface area contributed by atoms with Gasteiger partial charge in [0, 0.05) is 37.0 Å². The van der Waals surface area contributed by atoms with Crippen LogP contribution >= 0.6 is 35.3 Å². The predicted molar refractivity (Wildman–Crippen MR) is 127 cm³/mol. The molecule has 2 fully saturated rings. The second-order valence-corrected chi connectivity index (χ2v) is 8.55. The lowest BCUT2D eigenvalue weighted by Gasteiger charge is -2.36. The number of nitrogens with zero attached hydrogens (tertiary/aromatic N) is 2. The normalized spacial score (nSPS) is 27.2. The number of nitrogens with one attached hydrogen (secondary N) is 2. The van der Waals surface area contributed by atoms with Crippen LogP contribution in [0.4, 0.5) is 0 Å². The molecule has 0 amide bonds. The lowest BCUT2D eigenvalue weighted by Crippen LogP contribution is -2.45. The minimum atomic E-state index is -0.172. The lowest BCUT2D eigenvalue weighted by atomic mass is 10.1. The summed E-state index contributed by atoms with van der Waals surface area (Å²) in [6.45, 7) is 9.22. The summed E-state index contributed by atoms with van der Waals surface area (Å²) < 4.78 is 5.72. The molecule has 2 heterocycles. The third-order valence-electron chi connectivity index (χ3n) is 5.50. The van der Waals surface area contributed by atoms with Gasteiger partial charge in [0.15, 0.2) is 5.96 Å². The van der Waals surface area contributed by atoms with Crippen LogP contribution in [0.3, 0.4) is 0 Å². The Morgan fingerprint density at radius 1 is 1.43 bits per heavy atom. The van der Waals surface area contributed by atoms with Gasteiger partial charge in [0.25, 0.3) is 0 Å². The highest BCUT2D eigenvalue weighted by Crippen LogP contribution is 2.27. The number of hydrogen-bond donors (Lipinski definition) is 3. The molecule has 1 aromatic rings. The van der Waals surface area contributed by atoms with Gasteiger partial charge >= 0.3 is 0 Å². The van der Waals surface area contributed by atoms with E-state index in [1.165, 1.54) is 4.88 Å². The maximum absolute atomic E-state index is 10.1. The fourth-order valence-electron chi connectivity index (χ4n) is 4.00. The molecule has 160 valence electrons. The maximum Gasteiger partial charge on any atom is 0.191 e. The molecule has 0 aromatic carbocycles. The van der Waals surface area contributed by atoms with Gasteiger partial charge in [-0.3, -0.25) is 9.89 Å². The quantitative estimate of drug-likeness (QED) is 0.292. The van der Waals surface area contributed by atoms with E-state index in [1.54, 1.807) is 11.3 Å². The average molecular weight is 522 g/mol. The monoisotopic (exact) mass is 522 g/mol. The van der Waals surface area contributed by atoms with Crippen molar-refractivity contribution < 1.29 is 9.84 Å². The number of ether oxygens (including phenoxy) is 1. The zero-order valence-corrected chi connectivity index (χ0v) is 20.1. The number of guanidine groups is 1. The molecule has 3 N–H and O–H groups in total. The Morgan fingerprint density at radius 3 is 2.93 bits per heavy atom. The molecule has 0 radical (unpaired) electrons. The number of aliphatic hydroxyl groups excluding tert-OH is 1. The zero-order valence-electron chi connectivity index (χ0n) is 17.0. The van der Waals surface area contributed by atoms with Crippen molar-refractivity contribution in [2.24, 2.45) is 10.9 Å². The van der Waals surface area contributed by atoms with Crippen LogP contribution in [0, 0.1) is 5.92 Å². The Balaban J connectivity index is 0.00000280. The van der Waals surface area contributed by atoms with Gasteiger partial charge in [0.2, 0.25) is 0 Å². The fraction of sp³-hybridized carbons (Fsp3) is 0.750. The minimum Gasteiger partial charge on any atom is -0.393 e. The summed E-state index contributed by atoms with van der Waals surface area (Å²) in [6.07, 6.45) is 3.23. The smallest absolute Gasteiger partial charge is 0.191 e. The third-order valence-corrected chi connectivity index (χ3v) is 6.48. The Morgan fingerprint density at radius 2 is 2.29 bits per heavy atom. The molecule has 0 spiro atoms.